The van der Waals surface area contributed by atoms with Crippen molar-refractivity contribution in [1.82, 2.24) is 10.2 Å². The van der Waals surface area contributed by atoms with Crippen molar-refractivity contribution in [2.45, 2.75) is 12.6 Å². The molecule has 1 saturated heterocycles. The van der Waals surface area contributed by atoms with Crippen LogP contribution in [0.4, 0.5) is 0 Å². The van der Waals surface area contributed by atoms with Crippen molar-refractivity contribution in [3.05, 3.63) is 28.2 Å². The summed E-state index contributed by atoms with van der Waals surface area (Å²) in [6.07, 6.45) is 0.292. The molecule has 1 aromatic carbocycles. The van der Waals surface area contributed by atoms with E-state index in [0.29, 0.717) is 6.10 Å². The van der Waals surface area contributed by atoms with Crippen molar-refractivity contribution in [3.63, 3.8) is 0 Å². The number of nitrogens with one attached hydrogen (secondary N) is 1. The minimum absolute atomic E-state index is 0.292. The van der Waals surface area contributed by atoms with Crippen molar-refractivity contribution < 1.29 is 9.47 Å². The average Bonchev–Trinajstić information content (AvgIpc) is 2.40. The van der Waals surface area contributed by atoms with Gasteiger partial charge in [0.15, 0.2) is 0 Å². The van der Waals surface area contributed by atoms with E-state index in [9.17, 15) is 0 Å². The minimum atomic E-state index is 0.292. The maximum absolute atomic E-state index is 5.71. The molecular formula is C14H21BrN2O2. The van der Waals surface area contributed by atoms with Crippen molar-refractivity contribution in [2.75, 3.05) is 40.4 Å². The van der Waals surface area contributed by atoms with Crippen LogP contribution in [0.15, 0.2) is 22.7 Å². The Kier molecular flexibility index (Phi) is 5.63. The Morgan fingerprint density at radius 3 is 3.00 bits per heavy atom. The van der Waals surface area contributed by atoms with E-state index in [1.54, 1.807) is 7.11 Å². The maximum Gasteiger partial charge on any atom is 0.133 e. The number of methoxy groups -OCH3 is 1. The van der Waals surface area contributed by atoms with Crippen LogP contribution in [-0.2, 0) is 11.3 Å². The lowest BCUT2D eigenvalue weighted by atomic mass is 10.2. The molecule has 1 unspecified atom stereocenters. The van der Waals surface area contributed by atoms with Crippen molar-refractivity contribution >= 4 is 15.9 Å². The number of nitrogens with zero attached hydrogens (tertiary/aromatic N) is 1. The third-order valence-electron chi connectivity index (χ3n) is 3.19. The highest BCUT2D eigenvalue weighted by Gasteiger charge is 2.15. The molecule has 1 aliphatic rings. The van der Waals surface area contributed by atoms with E-state index < -0.39 is 0 Å². The summed E-state index contributed by atoms with van der Waals surface area (Å²) in [5.74, 6) is 0.867. The first-order valence-electron chi connectivity index (χ1n) is 6.52. The highest BCUT2D eigenvalue weighted by atomic mass is 79.9. The van der Waals surface area contributed by atoms with Crippen molar-refractivity contribution in [3.8, 4) is 5.75 Å². The summed E-state index contributed by atoms with van der Waals surface area (Å²) in [4.78, 5) is 2.28. The van der Waals surface area contributed by atoms with E-state index in [4.69, 9.17) is 9.47 Å². The second-order valence-corrected chi connectivity index (χ2v) is 5.72. The average molecular weight is 329 g/mol. The summed E-state index contributed by atoms with van der Waals surface area (Å²) in [6.45, 7) is 4.56. The summed E-state index contributed by atoms with van der Waals surface area (Å²) >= 11 is 3.52. The van der Waals surface area contributed by atoms with Gasteiger partial charge in [-0.3, -0.25) is 4.90 Å². The summed E-state index contributed by atoms with van der Waals surface area (Å²) < 4.78 is 11.9. The van der Waals surface area contributed by atoms with Gasteiger partial charge >= 0.3 is 0 Å². The smallest absolute Gasteiger partial charge is 0.133 e. The van der Waals surface area contributed by atoms with Crippen LogP contribution in [-0.4, -0.2) is 51.4 Å². The van der Waals surface area contributed by atoms with Gasteiger partial charge in [-0.25, -0.2) is 0 Å². The molecule has 1 N–H and O–H groups in total. The molecule has 0 amide bonds. The van der Waals surface area contributed by atoms with E-state index in [1.165, 1.54) is 5.56 Å². The first-order valence-corrected chi connectivity index (χ1v) is 7.31. The van der Waals surface area contributed by atoms with E-state index in [2.05, 4.69) is 45.3 Å². The monoisotopic (exact) mass is 328 g/mol. The summed E-state index contributed by atoms with van der Waals surface area (Å²) in [7, 11) is 3.80. The van der Waals surface area contributed by atoms with Crippen LogP contribution in [0, 0.1) is 0 Å². The normalized spacial score (nSPS) is 19.7. The molecule has 106 valence electrons. The molecule has 1 fully saturated rings. The molecule has 0 bridgehead atoms. The zero-order valence-electron chi connectivity index (χ0n) is 11.5. The lowest BCUT2D eigenvalue weighted by Gasteiger charge is -2.28. The molecule has 0 aliphatic carbocycles. The molecule has 4 nitrogen and oxygen atoms in total. The number of rotatable bonds is 5. The SMILES string of the molecule is COc1ccc(CN(C)CC2CNCCO2)cc1Br. The van der Waals surface area contributed by atoms with Gasteiger partial charge in [-0.05, 0) is 40.7 Å². The third kappa shape index (κ3) is 4.45. The van der Waals surface area contributed by atoms with Gasteiger partial charge in [0.25, 0.3) is 0 Å². The zero-order valence-corrected chi connectivity index (χ0v) is 13.1. The van der Waals surface area contributed by atoms with Crippen LogP contribution >= 0.6 is 15.9 Å². The van der Waals surface area contributed by atoms with Gasteiger partial charge in [0.05, 0.1) is 24.3 Å². The topological polar surface area (TPSA) is 33.7 Å². The first kappa shape index (κ1) is 14.8. The number of benzene rings is 1. The molecule has 19 heavy (non-hydrogen) atoms. The van der Waals surface area contributed by atoms with Crippen LogP contribution in [0.25, 0.3) is 0 Å². The number of hydrogen-bond donors (Lipinski definition) is 1. The largest absolute Gasteiger partial charge is 0.496 e. The van der Waals surface area contributed by atoms with E-state index in [-0.39, 0.29) is 0 Å². The van der Waals surface area contributed by atoms with E-state index in [0.717, 1.165) is 43.0 Å². The van der Waals surface area contributed by atoms with Crippen molar-refractivity contribution in [2.24, 2.45) is 0 Å². The molecule has 1 aromatic rings. The van der Waals surface area contributed by atoms with Gasteiger partial charge in [-0.1, -0.05) is 6.07 Å². The Morgan fingerprint density at radius 1 is 1.53 bits per heavy atom. The fourth-order valence-electron chi connectivity index (χ4n) is 2.27. The van der Waals surface area contributed by atoms with Crippen LogP contribution in [0.1, 0.15) is 5.56 Å². The lowest BCUT2D eigenvalue weighted by molar-refractivity contribution is 0.00884. The fourth-order valence-corrected chi connectivity index (χ4v) is 2.86. The molecule has 1 aliphatic heterocycles. The highest BCUT2D eigenvalue weighted by Crippen LogP contribution is 2.25. The third-order valence-corrected chi connectivity index (χ3v) is 3.81. The van der Waals surface area contributed by atoms with E-state index >= 15 is 0 Å². The Morgan fingerprint density at radius 2 is 2.37 bits per heavy atom. The molecule has 0 spiro atoms. The molecule has 1 atom stereocenters. The van der Waals surface area contributed by atoms with Gasteiger partial charge in [-0.2, -0.15) is 0 Å². The number of ether oxygens (including phenoxy) is 2. The lowest BCUT2D eigenvalue weighted by Crippen LogP contribution is -2.44. The van der Waals surface area contributed by atoms with Crippen molar-refractivity contribution in [1.29, 1.82) is 0 Å². The Labute approximate surface area is 123 Å². The number of morpholine rings is 1. The maximum atomic E-state index is 5.71. The Balaban J connectivity index is 1.87. The van der Waals surface area contributed by atoms with Gasteiger partial charge in [-0.15, -0.1) is 0 Å². The summed E-state index contributed by atoms with van der Waals surface area (Å²) in [5.41, 5.74) is 1.26. The van der Waals surface area contributed by atoms with Gasteiger partial charge in [0.2, 0.25) is 0 Å². The minimum Gasteiger partial charge on any atom is -0.496 e. The standard InChI is InChI=1S/C14H21BrN2O2/c1-17(10-12-8-16-5-6-19-12)9-11-3-4-14(18-2)13(15)7-11/h3-4,7,12,16H,5-6,8-10H2,1-2H3. The molecule has 0 radical (unpaired) electrons. The zero-order chi connectivity index (χ0) is 13.7. The first-order chi connectivity index (χ1) is 9.19. The molecule has 5 heteroatoms. The van der Waals surface area contributed by atoms with Gasteiger partial charge in [0, 0.05) is 26.2 Å². The van der Waals surface area contributed by atoms with Gasteiger partial charge in [0.1, 0.15) is 5.75 Å². The highest BCUT2D eigenvalue weighted by molar-refractivity contribution is 9.10. The van der Waals surface area contributed by atoms with Gasteiger partial charge < -0.3 is 14.8 Å². The second-order valence-electron chi connectivity index (χ2n) is 4.86. The second kappa shape index (κ2) is 7.24. The summed E-state index contributed by atoms with van der Waals surface area (Å²) in [5, 5.41) is 3.35. The molecular weight excluding hydrogens is 308 g/mol. The number of hydrogen-bond acceptors (Lipinski definition) is 4. The predicted octanol–water partition coefficient (Wildman–Crippen LogP) is 1.88. The van der Waals surface area contributed by atoms with Crippen LogP contribution in [0.3, 0.4) is 0 Å². The fraction of sp³-hybridized carbons (Fsp3) is 0.571. The van der Waals surface area contributed by atoms with Crippen LogP contribution in [0.2, 0.25) is 0 Å². The molecule has 0 aromatic heterocycles. The molecule has 1 heterocycles. The van der Waals surface area contributed by atoms with E-state index in [1.807, 2.05) is 6.07 Å². The summed E-state index contributed by atoms with van der Waals surface area (Å²) in [6, 6.07) is 6.20. The molecule has 0 saturated carbocycles. The Bertz CT molecular complexity index is 408. The molecule has 2 rings (SSSR count). The van der Waals surface area contributed by atoms with Crippen LogP contribution in [0.5, 0.6) is 5.75 Å². The number of likely N-dealkylation sites (N-methyl/N-ethyl adjacent to an activating group) is 1. The number of halogens is 1. The quantitative estimate of drug-likeness (QED) is 0.894. The Hall–Kier alpha value is -0.620. The van der Waals surface area contributed by atoms with Crippen LogP contribution < -0.4 is 10.1 Å². The predicted molar refractivity (Wildman–Crippen MR) is 79.6 cm³/mol.